The first-order valence-corrected chi connectivity index (χ1v) is 17.7. The lowest BCUT2D eigenvalue weighted by molar-refractivity contribution is -0.0428. The van der Waals surface area contributed by atoms with Gasteiger partial charge in [0.2, 0.25) is 17.4 Å². The fourth-order valence-electron chi connectivity index (χ4n) is 7.74. The van der Waals surface area contributed by atoms with Gasteiger partial charge in [-0.25, -0.2) is 9.37 Å². The van der Waals surface area contributed by atoms with Crippen LogP contribution >= 0.6 is 0 Å². The number of aliphatic hydroxyl groups is 1. The lowest BCUT2D eigenvalue weighted by atomic mass is 9.84. The second-order valence-electron chi connectivity index (χ2n) is 13.9. The highest BCUT2D eigenvalue weighted by Gasteiger charge is 2.47. The van der Waals surface area contributed by atoms with Gasteiger partial charge in [-0.3, -0.25) is 9.08 Å². The lowest BCUT2D eigenvalue weighted by Gasteiger charge is -2.47. The third kappa shape index (κ3) is 6.11. The molecule has 0 aliphatic carbocycles. The zero-order chi connectivity index (χ0) is 34.7. The van der Waals surface area contributed by atoms with Crippen molar-refractivity contribution in [1.82, 2.24) is 35.1 Å². The maximum atomic E-state index is 14.9. The van der Waals surface area contributed by atoms with Crippen LogP contribution in [0.1, 0.15) is 62.0 Å². The number of hydrogen-bond acceptors (Lipinski definition) is 13. The Morgan fingerprint density at radius 2 is 1.94 bits per heavy atom. The summed E-state index contributed by atoms with van der Waals surface area (Å²) in [4.78, 5) is 11.2. The largest absolute Gasteiger partial charge is 0.472 e. The van der Waals surface area contributed by atoms with Crippen LogP contribution in [0.3, 0.4) is 0 Å². The van der Waals surface area contributed by atoms with Gasteiger partial charge < -0.3 is 20.5 Å². The van der Waals surface area contributed by atoms with E-state index < -0.39 is 34.8 Å². The predicted octanol–water partition coefficient (Wildman–Crippen LogP) is 4.06. The van der Waals surface area contributed by atoms with Crippen molar-refractivity contribution in [2.24, 2.45) is 0 Å². The van der Waals surface area contributed by atoms with E-state index in [0.717, 1.165) is 37.6 Å². The first-order valence-electron chi connectivity index (χ1n) is 16.3. The minimum absolute atomic E-state index is 0.00904. The van der Waals surface area contributed by atoms with E-state index in [9.17, 15) is 17.9 Å². The number of benzene rings is 2. The summed E-state index contributed by atoms with van der Waals surface area (Å²) in [5.41, 5.74) is 1.23. The van der Waals surface area contributed by atoms with Crippen LogP contribution in [-0.4, -0.2) is 86.0 Å². The third-order valence-electron chi connectivity index (χ3n) is 9.73. The molecule has 3 N–H and O–H groups in total. The van der Waals surface area contributed by atoms with Crippen LogP contribution in [0.5, 0.6) is 5.75 Å². The molecular weight excluding hydrogens is 653 g/mol. The van der Waals surface area contributed by atoms with E-state index in [0.29, 0.717) is 28.5 Å². The molecule has 3 aliphatic rings. The third-order valence-corrected chi connectivity index (χ3v) is 11.3. The molecule has 2 aromatic carbocycles. The Morgan fingerprint density at radius 1 is 1.16 bits per heavy atom. The van der Waals surface area contributed by atoms with Crippen LogP contribution in [0, 0.1) is 26.6 Å². The fourth-order valence-corrected chi connectivity index (χ4v) is 9.11. The highest BCUT2D eigenvalue weighted by molar-refractivity contribution is 7.86. The molecule has 5 heterocycles. The van der Waals surface area contributed by atoms with Crippen LogP contribution in [0.4, 0.5) is 21.8 Å². The van der Waals surface area contributed by atoms with Crippen molar-refractivity contribution >= 4 is 27.6 Å². The summed E-state index contributed by atoms with van der Waals surface area (Å²) in [5.74, 6) is 0.0959. The van der Waals surface area contributed by atoms with Gasteiger partial charge >= 0.3 is 0 Å². The van der Waals surface area contributed by atoms with Gasteiger partial charge in [0.25, 0.3) is 10.1 Å². The van der Waals surface area contributed by atoms with Gasteiger partial charge in [-0.05, 0) is 107 Å². The predicted molar refractivity (Wildman–Crippen MR) is 178 cm³/mol. The van der Waals surface area contributed by atoms with Crippen LogP contribution in [0.2, 0.25) is 0 Å². The number of piperidine rings is 1. The number of hydrogen-bond donors (Lipinski definition) is 3. The van der Waals surface area contributed by atoms with Gasteiger partial charge in [0.05, 0.1) is 17.7 Å². The standard InChI is InChI=1S/C33H40FN9O5S/c1-19-11-20(2)28(21(3)12-19)49(45,46)47-18-33(17-44)30-39-40-41-43(30)26-14-22(8-9-27(26)48-33)37-31-35-16-25(34)29(38-31)36-23-13-24-7-6-10-42(24)32(4,5)15-23/h8-9,11-12,14,16,23-24,44H,6-7,10,13,15,17-18H2,1-5H3,(H2,35,36,37,38)/t23-,24+,33?/m1/s1. The van der Waals surface area contributed by atoms with E-state index in [2.05, 4.69) is 54.9 Å². The number of rotatable bonds is 9. The van der Waals surface area contributed by atoms with Crippen LogP contribution in [0.25, 0.3) is 5.69 Å². The quantitative estimate of drug-likeness (QED) is 0.215. The fraction of sp³-hybridized carbons (Fsp3) is 0.485. The van der Waals surface area contributed by atoms with Crippen LogP contribution < -0.4 is 15.4 Å². The normalized spacial score (nSPS) is 22.9. The Morgan fingerprint density at radius 3 is 2.69 bits per heavy atom. The molecule has 0 radical (unpaired) electrons. The van der Waals surface area contributed by atoms with Gasteiger partial charge in [-0.15, -0.1) is 5.10 Å². The van der Waals surface area contributed by atoms with Crippen molar-refractivity contribution in [3.63, 3.8) is 0 Å². The average molecular weight is 694 g/mol. The number of aromatic nitrogens is 6. The SMILES string of the molecule is Cc1cc(C)c(S(=O)(=O)OCC2(CO)Oc3ccc(Nc4ncc(F)c(N[C@@H]5C[C@@H]6CCCN6C(C)(C)C5)n4)cc3-n3nnnc32)c(C)c1. The van der Waals surface area contributed by atoms with Gasteiger partial charge in [0.1, 0.15) is 18.0 Å². The number of anilines is 3. The number of fused-ring (bicyclic) bond motifs is 4. The zero-order valence-corrected chi connectivity index (χ0v) is 28.9. The Kier molecular flexibility index (Phi) is 8.32. The van der Waals surface area contributed by atoms with Crippen LogP contribution in [-0.2, 0) is 19.9 Å². The Hall–Kier alpha value is -4.25. The number of tetrazole rings is 1. The van der Waals surface area contributed by atoms with E-state index in [1.165, 1.54) is 11.1 Å². The van der Waals surface area contributed by atoms with E-state index in [1.54, 1.807) is 44.2 Å². The molecule has 2 fully saturated rings. The highest BCUT2D eigenvalue weighted by atomic mass is 32.2. The van der Waals surface area contributed by atoms with Gasteiger partial charge in [-0.2, -0.15) is 18.1 Å². The van der Waals surface area contributed by atoms with Crippen molar-refractivity contribution in [3.05, 3.63) is 64.9 Å². The molecule has 4 aromatic rings. The molecule has 2 aromatic heterocycles. The summed E-state index contributed by atoms with van der Waals surface area (Å²) >= 11 is 0. The second kappa shape index (κ2) is 12.3. The number of aryl methyl sites for hydroxylation is 3. The summed E-state index contributed by atoms with van der Waals surface area (Å²) in [6.45, 7) is 9.60. The van der Waals surface area contributed by atoms with E-state index >= 15 is 0 Å². The zero-order valence-electron chi connectivity index (χ0n) is 28.1. The van der Waals surface area contributed by atoms with Crippen LogP contribution in [0.15, 0.2) is 41.4 Å². The molecule has 2 saturated heterocycles. The van der Waals surface area contributed by atoms with E-state index in [4.69, 9.17) is 8.92 Å². The molecule has 3 atom stereocenters. The minimum atomic E-state index is -4.24. The van der Waals surface area contributed by atoms with Crippen molar-refractivity contribution in [2.45, 2.75) is 88.4 Å². The molecule has 260 valence electrons. The molecule has 16 heteroatoms. The highest BCUT2D eigenvalue weighted by Crippen LogP contribution is 2.41. The number of halogens is 1. The first kappa shape index (κ1) is 33.3. The molecule has 0 saturated carbocycles. The van der Waals surface area contributed by atoms with Crippen molar-refractivity contribution in [2.75, 3.05) is 30.4 Å². The molecule has 0 spiro atoms. The Bertz CT molecular complexity index is 2000. The van der Waals surface area contributed by atoms with Crippen molar-refractivity contribution in [3.8, 4) is 11.4 Å². The van der Waals surface area contributed by atoms with Gasteiger partial charge in [0.15, 0.2) is 11.6 Å². The van der Waals surface area contributed by atoms with Gasteiger partial charge in [0, 0.05) is 23.3 Å². The van der Waals surface area contributed by atoms with E-state index in [1.807, 2.05) is 6.92 Å². The lowest BCUT2D eigenvalue weighted by Crippen LogP contribution is -2.55. The molecule has 7 rings (SSSR count). The molecule has 3 aliphatic heterocycles. The smallest absolute Gasteiger partial charge is 0.297 e. The number of nitrogens with one attached hydrogen (secondary N) is 2. The summed E-state index contributed by atoms with van der Waals surface area (Å²) in [6.07, 6.45) is 5.25. The molecule has 0 amide bonds. The summed E-state index contributed by atoms with van der Waals surface area (Å²) in [5, 5.41) is 28.9. The first-order chi connectivity index (χ1) is 23.3. The number of nitrogens with zero attached hydrogens (tertiary/aromatic N) is 7. The molecular formula is C33H40FN9O5S. The Labute approximate surface area is 284 Å². The van der Waals surface area contributed by atoms with Gasteiger partial charge in [-0.1, -0.05) is 17.7 Å². The van der Waals surface area contributed by atoms with E-state index in [-0.39, 0.29) is 39.8 Å². The topological polar surface area (TPSA) is 170 Å². The molecule has 1 unspecified atom stereocenters. The second-order valence-corrected chi connectivity index (χ2v) is 15.4. The number of ether oxygens (including phenoxy) is 1. The average Bonchev–Trinajstić information content (AvgIpc) is 3.72. The Balaban J connectivity index is 1.10. The summed E-state index contributed by atoms with van der Waals surface area (Å²) in [7, 11) is -4.24. The monoisotopic (exact) mass is 693 g/mol. The van der Waals surface area contributed by atoms with Crippen molar-refractivity contribution < 1.29 is 26.8 Å². The summed E-state index contributed by atoms with van der Waals surface area (Å²) in [6, 6.07) is 9.06. The maximum absolute atomic E-state index is 14.9. The molecule has 49 heavy (non-hydrogen) atoms. The summed E-state index contributed by atoms with van der Waals surface area (Å²) < 4.78 is 54.7. The maximum Gasteiger partial charge on any atom is 0.297 e. The number of aliphatic hydroxyl groups excluding tert-OH is 1. The van der Waals surface area contributed by atoms with Crippen molar-refractivity contribution in [1.29, 1.82) is 0 Å². The minimum Gasteiger partial charge on any atom is -0.472 e. The molecule has 0 bridgehead atoms. The molecule has 14 nitrogen and oxygen atoms in total.